The minimum atomic E-state index is -1.10. The standard InChI is InChI=1S/C13H18N4O4/c1-8(2)5-9(13(20)21)17-11(18)7-16-12(19)10-6-14-3-4-15-10/h3-4,6,8-9H,5,7H2,1-2H3,(H,16,19)(H,17,18)(H,20,21)/t9-/m0/s1. The molecule has 2 amide bonds. The number of carbonyl (C=O) groups is 3. The van der Waals surface area contributed by atoms with Gasteiger partial charge in [0, 0.05) is 12.4 Å². The Hall–Kier alpha value is -2.51. The maximum absolute atomic E-state index is 11.6. The molecule has 0 aliphatic heterocycles. The van der Waals surface area contributed by atoms with Crippen LogP contribution in [0.5, 0.6) is 0 Å². The number of amides is 2. The van der Waals surface area contributed by atoms with E-state index in [4.69, 9.17) is 5.11 Å². The van der Waals surface area contributed by atoms with E-state index in [1.807, 2.05) is 13.8 Å². The summed E-state index contributed by atoms with van der Waals surface area (Å²) in [6, 6.07) is -0.967. The molecule has 0 radical (unpaired) electrons. The molecule has 0 saturated carbocycles. The van der Waals surface area contributed by atoms with Crippen molar-refractivity contribution in [3.63, 3.8) is 0 Å². The van der Waals surface area contributed by atoms with Crippen molar-refractivity contribution in [2.24, 2.45) is 5.92 Å². The number of carbonyl (C=O) groups excluding carboxylic acids is 2. The second kappa shape index (κ2) is 7.93. The molecule has 114 valence electrons. The zero-order valence-corrected chi connectivity index (χ0v) is 11.9. The molecule has 8 heteroatoms. The van der Waals surface area contributed by atoms with Gasteiger partial charge in [-0.15, -0.1) is 0 Å². The first-order chi connectivity index (χ1) is 9.90. The predicted molar refractivity (Wildman–Crippen MR) is 73.4 cm³/mol. The summed E-state index contributed by atoms with van der Waals surface area (Å²) < 4.78 is 0. The number of aliphatic carboxylic acids is 1. The number of aromatic nitrogens is 2. The van der Waals surface area contributed by atoms with Crippen LogP contribution in [0.1, 0.15) is 30.8 Å². The van der Waals surface area contributed by atoms with Crippen molar-refractivity contribution < 1.29 is 19.5 Å². The summed E-state index contributed by atoms with van der Waals surface area (Å²) in [5, 5.41) is 13.7. The summed E-state index contributed by atoms with van der Waals surface area (Å²) in [6.07, 6.45) is 4.37. The lowest BCUT2D eigenvalue weighted by atomic mass is 10.0. The fourth-order valence-electron chi connectivity index (χ4n) is 1.61. The third-order valence-corrected chi connectivity index (χ3v) is 2.55. The summed E-state index contributed by atoms with van der Waals surface area (Å²) in [5.41, 5.74) is 0.0854. The average molecular weight is 294 g/mol. The third kappa shape index (κ3) is 5.98. The van der Waals surface area contributed by atoms with Crippen molar-refractivity contribution >= 4 is 17.8 Å². The van der Waals surface area contributed by atoms with Gasteiger partial charge in [0.1, 0.15) is 11.7 Å². The molecule has 21 heavy (non-hydrogen) atoms. The van der Waals surface area contributed by atoms with Gasteiger partial charge < -0.3 is 15.7 Å². The predicted octanol–water partition coefficient (Wildman–Crippen LogP) is -0.178. The van der Waals surface area contributed by atoms with Gasteiger partial charge in [-0.3, -0.25) is 14.6 Å². The number of carboxylic acids is 1. The highest BCUT2D eigenvalue weighted by Crippen LogP contribution is 2.04. The monoisotopic (exact) mass is 294 g/mol. The Balaban J connectivity index is 2.46. The summed E-state index contributed by atoms with van der Waals surface area (Å²) >= 11 is 0. The number of hydrogen-bond donors (Lipinski definition) is 3. The zero-order chi connectivity index (χ0) is 15.8. The minimum absolute atomic E-state index is 0.0854. The molecule has 0 bridgehead atoms. The lowest BCUT2D eigenvalue weighted by Crippen LogP contribution is -2.46. The highest BCUT2D eigenvalue weighted by Gasteiger charge is 2.21. The van der Waals surface area contributed by atoms with Crippen molar-refractivity contribution in [1.29, 1.82) is 0 Å². The zero-order valence-electron chi connectivity index (χ0n) is 11.9. The second-order valence-electron chi connectivity index (χ2n) is 4.86. The molecule has 1 atom stereocenters. The molecule has 1 aromatic heterocycles. The smallest absolute Gasteiger partial charge is 0.326 e. The van der Waals surface area contributed by atoms with Crippen LogP contribution in [-0.4, -0.2) is 45.4 Å². The van der Waals surface area contributed by atoms with Crippen molar-refractivity contribution in [3.05, 3.63) is 24.3 Å². The van der Waals surface area contributed by atoms with E-state index in [9.17, 15) is 14.4 Å². The van der Waals surface area contributed by atoms with Gasteiger partial charge in [0.05, 0.1) is 12.7 Å². The van der Waals surface area contributed by atoms with Crippen molar-refractivity contribution in [2.45, 2.75) is 26.3 Å². The van der Waals surface area contributed by atoms with E-state index in [-0.39, 0.29) is 18.2 Å². The van der Waals surface area contributed by atoms with Gasteiger partial charge in [-0.25, -0.2) is 9.78 Å². The van der Waals surface area contributed by atoms with Crippen LogP contribution in [0.3, 0.4) is 0 Å². The molecule has 1 heterocycles. The van der Waals surface area contributed by atoms with Gasteiger partial charge in [0.25, 0.3) is 5.91 Å². The Labute approximate surface area is 122 Å². The molecule has 0 saturated heterocycles. The number of carboxylic acid groups (broad SMARTS) is 1. The van der Waals surface area contributed by atoms with Crippen molar-refractivity contribution in [3.8, 4) is 0 Å². The summed E-state index contributed by atoms with van der Waals surface area (Å²) in [7, 11) is 0. The normalized spacial score (nSPS) is 11.8. The number of hydrogen-bond acceptors (Lipinski definition) is 5. The molecule has 1 aromatic rings. The van der Waals surface area contributed by atoms with E-state index in [0.29, 0.717) is 6.42 Å². The molecule has 0 aliphatic carbocycles. The van der Waals surface area contributed by atoms with E-state index >= 15 is 0 Å². The van der Waals surface area contributed by atoms with Gasteiger partial charge >= 0.3 is 5.97 Å². The van der Waals surface area contributed by atoms with Crippen LogP contribution in [0.15, 0.2) is 18.6 Å². The highest BCUT2D eigenvalue weighted by molar-refractivity contribution is 5.95. The number of nitrogens with zero attached hydrogens (tertiary/aromatic N) is 2. The first-order valence-electron chi connectivity index (χ1n) is 6.46. The summed E-state index contributed by atoms with van der Waals surface area (Å²) in [6.45, 7) is 3.40. The quantitative estimate of drug-likeness (QED) is 0.641. The van der Waals surface area contributed by atoms with Crippen LogP contribution in [0, 0.1) is 5.92 Å². The summed E-state index contributed by atoms with van der Waals surface area (Å²) in [4.78, 5) is 41.8. The molecule has 0 unspecified atom stereocenters. The molecule has 8 nitrogen and oxygen atoms in total. The SMILES string of the molecule is CC(C)C[C@H](NC(=O)CNC(=O)c1cnccn1)C(=O)O. The molecule has 0 aliphatic rings. The minimum Gasteiger partial charge on any atom is -0.480 e. The Morgan fingerprint density at radius 2 is 2.00 bits per heavy atom. The molecule has 1 rings (SSSR count). The molecule has 0 aromatic carbocycles. The van der Waals surface area contributed by atoms with E-state index in [1.54, 1.807) is 0 Å². The van der Waals surface area contributed by atoms with Crippen LogP contribution in [0.25, 0.3) is 0 Å². The highest BCUT2D eigenvalue weighted by atomic mass is 16.4. The van der Waals surface area contributed by atoms with Crippen LogP contribution in [0.2, 0.25) is 0 Å². The van der Waals surface area contributed by atoms with Crippen molar-refractivity contribution in [1.82, 2.24) is 20.6 Å². The van der Waals surface area contributed by atoms with E-state index in [0.717, 1.165) is 0 Å². The maximum atomic E-state index is 11.6. The molecule has 0 fully saturated rings. The first kappa shape index (κ1) is 16.5. The fourth-order valence-corrected chi connectivity index (χ4v) is 1.61. The van der Waals surface area contributed by atoms with Crippen LogP contribution >= 0.6 is 0 Å². The maximum Gasteiger partial charge on any atom is 0.326 e. The fraction of sp³-hybridized carbons (Fsp3) is 0.462. The second-order valence-corrected chi connectivity index (χ2v) is 4.86. The Morgan fingerprint density at radius 1 is 1.29 bits per heavy atom. The van der Waals surface area contributed by atoms with Gasteiger partial charge in [-0.2, -0.15) is 0 Å². The molecule has 0 spiro atoms. The summed E-state index contributed by atoms with van der Waals surface area (Å²) in [5.74, 6) is -2.09. The van der Waals surface area contributed by atoms with Gasteiger partial charge in [-0.05, 0) is 12.3 Å². The van der Waals surface area contributed by atoms with E-state index in [1.165, 1.54) is 18.6 Å². The number of nitrogens with one attached hydrogen (secondary N) is 2. The topological polar surface area (TPSA) is 121 Å². The molecule has 3 N–H and O–H groups in total. The average Bonchev–Trinajstić information content (AvgIpc) is 2.44. The molecular weight excluding hydrogens is 276 g/mol. The Morgan fingerprint density at radius 3 is 2.52 bits per heavy atom. The van der Waals surface area contributed by atoms with Crippen LogP contribution in [0.4, 0.5) is 0 Å². The third-order valence-electron chi connectivity index (χ3n) is 2.55. The Kier molecular flexibility index (Phi) is 6.25. The van der Waals surface area contributed by atoms with E-state index < -0.39 is 23.8 Å². The van der Waals surface area contributed by atoms with Crippen LogP contribution < -0.4 is 10.6 Å². The van der Waals surface area contributed by atoms with Gasteiger partial charge in [0.2, 0.25) is 5.91 Å². The van der Waals surface area contributed by atoms with Gasteiger partial charge in [-0.1, -0.05) is 13.8 Å². The largest absolute Gasteiger partial charge is 0.480 e. The van der Waals surface area contributed by atoms with Gasteiger partial charge in [0.15, 0.2) is 0 Å². The lowest BCUT2D eigenvalue weighted by molar-refractivity contribution is -0.142. The van der Waals surface area contributed by atoms with E-state index in [2.05, 4.69) is 20.6 Å². The van der Waals surface area contributed by atoms with Crippen LogP contribution in [-0.2, 0) is 9.59 Å². The number of rotatable bonds is 7. The first-order valence-corrected chi connectivity index (χ1v) is 6.46. The Bertz CT molecular complexity index is 504. The lowest BCUT2D eigenvalue weighted by Gasteiger charge is -2.16. The molecular formula is C13H18N4O4. The van der Waals surface area contributed by atoms with Crippen molar-refractivity contribution in [2.75, 3.05) is 6.54 Å².